The van der Waals surface area contributed by atoms with E-state index in [9.17, 15) is 9.18 Å². The molecule has 1 aromatic carbocycles. The van der Waals surface area contributed by atoms with Crippen LogP contribution in [0.1, 0.15) is 19.5 Å². The van der Waals surface area contributed by atoms with Gasteiger partial charge in [0.1, 0.15) is 12.1 Å². The zero-order valence-corrected chi connectivity index (χ0v) is 14.1. The van der Waals surface area contributed by atoms with Crippen LogP contribution in [0.15, 0.2) is 35.5 Å². The smallest absolute Gasteiger partial charge is 0.261 e. The van der Waals surface area contributed by atoms with Crippen molar-refractivity contribution in [3.63, 3.8) is 0 Å². The van der Waals surface area contributed by atoms with Gasteiger partial charge in [-0.25, -0.2) is 9.37 Å². The van der Waals surface area contributed by atoms with Crippen LogP contribution in [-0.2, 0) is 13.5 Å². The lowest BCUT2D eigenvalue weighted by molar-refractivity contribution is 0.629. The zero-order chi connectivity index (χ0) is 17.7. The van der Waals surface area contributed by atoms with E-state index in [1.807, 2.05) is 6.20 Å². The molecule has 0 saturated heterocycles. The number of imidazole rings is 1. The van der Waals surface area contributed by atoms with Gasteiger partial charge in [0.15, 0.2) is 11.5 Å². The topological polar surface area (TPSA) is 70.0 Å². The lowest BCUT2D eigenvalue weighted by Gasteiger charge is -2.08. The fourth-order valence-electron chi connectivity index (χ4n) is 3.06. The monoisotopic (exact) mass is 340 g/mol. The summed E-state index contributed by atoms with van der Waals surface area (Å²) in [5.74, 6) is 0.527. The van der Waals surface area contributed by atoms with E-state index in [-0.39, 0.29) is 5.56 Å². The SMILES string of the molecule is CC(C)Cc1cn(-c2ncn3c4ccc(F)cc4c(=O)n(C)c23)nn1. The Bertz CT molecular complexity index is 1150. The molecule has 4 aromatic rings. The third-order valence-corrected chi connectivity index (χ3v) is 4.17. The largest absolute Gasteiger partial charge is 0.294 e. The van der Waals surface area contributed by atoms with Gasteiger partial charge < -0.3 is 0 Å². The lowest BCUT2D eigenvalue weighted by Crippen LogP contribution is -2.20. The first-order valence-corrected chi connectivity index (χ1v) is 8.02. The Labute approximate surface area is 142 Å². The molecule has 4 rings (SSSR count). The summed E-state index contributed by atoms with van der Waals surface area (Å²) >= 11 is 0. The van der Waals surface area contributed by atoms with Gasteiger partial charge in [-0.3, -0.25) is 13.8 Å². The summed E-state index contributed by atoms with van der Waals surface area (Å²) in [5.41, 5.74) is 1.75. The van der Waals surface area contributed by atoms with Crippen molar-refractivity contribution in [2.24, 2.45) is 13.0 Å². The van der Waals surface area contributed by atoms with E-state index < -0.39 is 5.82 Å². The van der Waals surface area contributed by atoms with Gasteiger partial charge in [0.25, 0.3) is 5.56 Å². The van der Waals surface area contributed by atoms with Crippen LogP contribution < -0.4 is 5.56 Å². The standard InChI is InChI=1S/C17H17FN6O/c1-10(2)6-12-8-24(21-20-12)15-16-22(3)17(25)13-7-11(18)4-5-14(13)23(16)9-19-15/h4-5,7-10H,6H2,1-3H3. The number of aromatic nitrogens is 6. The Morgan fingerprint density at radius 3 is 2.84 bits per heavy atom. The second-order valence-corrected chi connectivity index (χ2v) is 6.54. The number of nitrogens with zero attached hydrogens (tertiary/aromatic N) is 6. The van der Waals surface area contributed by atoms with Crippen LogP contribution in [0.2, 0.25) is 0 Å². The Morgan fingerprint density at radius 1 is 1.28 bits per heavy atom. The summed E-state index contributed by atoms with van der Waals surface area (Å²) in [6.07, 6.45) is 4.24. The van der Waals surface area contributed by atoms with Gasteiger partial charge >= 0.3 is 0 Å². The van der Waals surface area contributed by atoms with Crippen LogP contribution in [0, 0.1) is 11.7 Å². The molecule has 0 aliphatic heterocycles. The van der Waals surface area contributed by atoms with Crippen molar-refractivity contribution in [1.82, 2.24) is 28.9 Å². The van der Waals surface area contributed by atoms with E-state index in [1.54, 1.807) is 28.5 Å². The van der Waals surface area contributed by atoms with E-state index in [4.69, 9.17) is 0 Å². The zero-order valence-electron chi connectivity index (χ0n) is 14.1. The minimum Gasteiger partial charge on any atom is -0.294 e. The van der Waals surface area contributed by atoms with E-state index in [2.05, 4.69) is 29.1 Å². The molecule has 0 saturated carbocycles. The van der Waals surface area contributed by atoms with Crippen molar-refractivity contribution in [3.8, 4) is 5.82 Å². The molecule has 25 heavy (non-hydrogen) atoms. The third-order valence-electron chi connectivity index (χ3n) is 4.17. The first-order chi connectivity index (χ1) is 12.0. The van der Waals surface area contributed by atoms with Gasteiger partial charge in [-0.15, -0.1) is 5.10 Å². The lowest BCUT2D eigenvalue weighted by atomic mass is 10.1. The Balaban J connectivity index is 1.98. The number of hydrogen-bond acceptors (Lipinski definition) is 4. The van der Waals surface area contributed by atoms with E-state index in [0.717, 1.165) is 12.1 Å². The molecule has 128 valence electrons. The molecule has 8 heteroatoms. The molecule has 0 radical (unpaired) electrons. The number of fused-ring (bicyclic) bond motifs is 3. The minimum atomic E-state index is -0.445. The van der Waals surface area contributed by atoms with Gasteiger partial charge in [-0.1, -0.05) is 19.1 Å². The van der Waals surface area contributed by atoms with Crippen LogP contribution in [0.3, 0.4) is 0 Å². The normalized spacial score (nSPS) is 11.9. The second kappa shape index (κ2) is 5.51. The maximum Gasteiger partial charge on any atom is 0.261 e. The quantitative estimate of drug-likeness (QED) is 0.573. The van der Waals surface area contributed by atoms with Crippen molar-refractivity contribution in [2.75, 3.05) is 0 Å². The van der Waals surface area contributed by atoms with Crippen LogP contribution in [0.25, 0.3) is 22.4 Å². The molecule has 0 fully saturated rings. The van der Waals surface area contributed by atoms with Crippen molar-refractivity contribution < 1.29 is 4.39 Å². The highest BCUT2D eigenvalue weighted by Gasteiger charge is 2.17. The molecule has 0 aliphatic carbocycles. The third kappa shape index (κ3) is 2.41. The van der Waals surface area contributed by atoms with Gasteiger partial charge in [0.2, 0.25) is 0 Å². The summed E-state index contributed by atoms with van der Waals surface area (Å²) in [5, 5.41) is 8.62. The summed E-state index contributed by atoms with van der Waals surface area (Å²) in [6.45, 7) is 4.22. The number of benzene rings is 1. The van der Waals surface area contributed by atoms with Crippen LogP contribution in [0.5, 0.6) is 0 Å². The molecule has 0 spiro atoms. The summed E-state index contributed by atoms with van der Waals surface area (Å²) in [7, 11) is 1.64. The first-order valence-electron chi connectivity index (χ1n) is 8.02. The molecular weight excluding hydrogens is 323 g/mol. The highest BCUT2D eigenvalue weighted by Crippen LogP contribution is 2.19. The van der Waals surface area contributed by atoms with Crippen LogP contribution in [0.4, 0.5) is 4.39 Å². The first kappa shape index (κ1) is 15.5. The Hall–Kier alpha value is -3.03. The molecular formula is C17H17FN6O. The van der Waals surface area contributed by atoms with Crippen molar-refractivity contribution in [3.05, 3.63) is 52.6 Å². The number of aryl methyl sites for hydroxylation is 1. The predicted molar refractivity (Wildman–Crippen MR) is 91.4 cm³/mol. The molecule has 0 bridgehead atoms. The molecule has 0 N–H and O–H groups in total. The summed E-state index contributed by atoms with van der Waals surface area (Å²) in [4.78, 5) is 17.0. The number of hydrogen-bond donors (Lipinski definition) is 0. The fraction of sp³-hybridized carbons (Fsp3) is 0.294. The van der Waals surface area contributed by atoms with E-state index in [0.29, 0.717) is 28.3 Å². The maximum absolute atomic E-state index is 13.5. The number of halogens is 1. The molecule has 3 heterocycles. The fourth-order valence-corrected chi connectivity index (χ4v) is 3.06. The minimum absolute atomic E-state index is 0.286. The molecule has 0 atom stereocenters. The second-order valence-electron chi connectivity index (χ2n) is 6.54. The highest BCUT2D eigenvalue weighted by atomic mass is 19.1. The molecule has 0 aliphatic rings. The predicted octanol–water partition coefficient (Wildman–Crippen LogP) is 2.10. The van der Waals surface area contributed by atoms with Gasteiger partial charge in [0.05, 0.1) is 22.8 Å². The molecule has 0 amide bonds. The summed E-state index contributed by atoms with van der Waals surface area (Å²) in [6, 6.07) is 4.15. The van der Waals surface area contributed by atoms with E-state index >= 15 is 0 Å². The van der Waals surface area contributed by atoms with Gasteiger partial charge in [0, 0.05) is 7.05 Å². The Morgan fingerprint density at radius 2 is 2.08 bits per heavy atom. The van der Waals surface area contributed by atoms with E-state index in [1.165, 1.54) is 16.7 Å². The van der Waals surface area contributed by atoms with Crippen molar-refractivity contribution in [2.45, 2.75) is 20.3 Å². The van der Waals surface area contributed by atoms with Gasteiger partial charge in [-0.05, 0) is 30.5 Å². The van der Waals surface area contributed by atoms with Crippen LogP contribution >= 0.6 is 0 Å². The highest BCUT2D eigenvalue weighted by molar-refractivity contribution is 5.82. The van der Waals surface area contributed by atoms with Crippen LogP contribution in [-0.4, -0.2) is 28.9 Å². The maximum atomic E-state index is 13.5. The molecule has 7 nitrogen and oxygen atoms in total. The van der Waals surface area contributed by atoms with Crippen molar-refractivity contribution in [1.29, 1.82) is 0 Å². The van der Waals surface area contributed by atoms with Gasteiger partial charge in [-0.2, -0.15) is 4.68 Å². The average molecular weight is 340 g/mol. The average Bonchev–Trinajstić information content (AvgIpc) is 3.18. The Kier molecular flexibility index (Phi) is 3.41. The van der Waals surface area contributed by atoms with Crippen molar-refractivity contribution >= 4 is 16.6 Å². The number of rotatable bonds is 3. The molecule has 3 aromatic heterocycles. The molecule has 0 unspecified atom stereocenters. The summed E-state index contributed by atoms with van der Waals surface area (Å²) < 4.78 is 18.3.